The average molecular weight is 643 g/mol. The smallest absolute Gasteiger partial charge is 0.241 e. The summed E-state index contributed by atoms with van der Waals surface area (Å²) in [5, 5.41) is 4.64. The quantitative estimate of drug-likeness (QED) is 0.238. The third-order valence-electron chi connectivity index (χ3n) is 8.57. The summed E-state index contributed by atoms with van der Waals surface area (Å²) in [4.78, 5) is 37.1. The first-order valence-corrected chi connectivity index (χ1v) is 17.4. The standard InChI is InChI=1S/C32H34N8O3S2/c41-28(40-25-7-3-1-5-22(25)23-6-2-4-8-26(23)40)20-44-32-34-24-10-9-21(19-27(24)45-32)33-29-35-30(38-11-15-42-16-12-38)37-31(36-29)39-13-17-43-18-14-39/h1,3,5,7,9-10,19H,2,4,6,8,11-18,20H2,(H,33,35,36,37). The van der Waals surface area contributed by atoms with Crippen molar-refractivity contribution in [2.75, 3.05) is 73.5 Å². The first kappa shape index (κ1) is 28.7. The number of benzene rings is 2. The molecule has 0 spiro atoms. The van der Waals surface area contributed by atoms with Crippen molar-refractivity contribution in [2.24, 2.45) is 0 Å². The van der Waals surface area contributed by atoms with Gasteiger partial charge in [-0.3, -0.25) is 9.36 Å². The SMILES string of the molecule is O=C(CSc1nc2ccc(Nc3nc(N4CCOCC4)nc(N4CCOCC4)n3)cc2s1)n1c2c(c3ccccc31)CCCC2. The molecule has 8 rings (SSSR count). The summed E-state index contributed by atoms with van der Waals surface area (Å²) in [7, 11) is 0. The van der Waals surface area contributed by atoms with Gasteiger partial charge in [0.2, 0.25) is 23.8 Å². The van der Waals surface area contributed by atoms with Crippen molar-refractivity contribution in [1.82, 2.24) is 24.5 Å². The van der Waals surface area contributed by atoms with Crippen LogP contribution in [0.3, 0.4) is 0 Å². The molecule has 1 N–H and O–H groups in total. The summed E-state index contributed by atoms with van der Waals surface area (Å²) in [5.74, 6) is 2.25. The number of hydrogen-bond acceptors (Lipinski definition) is 12. The van der Waals surface area contributed by atoms with Gasteiger partial charge in [0.15, 0.2) is 4.34 Å². The highest BCUT2D eigenvalue weighted by atomic mass is 32.2. The van der Waals surface area contributed by atoms with Crippen LogP contribution in [0.25, 0.3) is 21.1 Å². The van der Waals surface area contributed by atoms with Crippen molar-refractivity contribution >= 4 is 73.7 Å². The van der Waals surface area contributed by atoms with E-state index < -0.39 is 0 Å². The number of nitrogens with one attached hydrogen (secondary N) is 1. The van der Waals surface area contributed by atoms with E-state index in [1.54, 1.807) is 11.3 Å². The number of hydrogen-bond donors (Lipinski definition) is 1. The third-order valence-corrected chi connectivity index (χ3v) is 10.7. The monoisotopic (exact) mass is 642 g/mol. The molecule has 45 heavy (non-hydrogen) atoms. The molecule has 1 aliphatic carbocycles. The predicted molar refractivity (Wildman–Crippen MR) is 179 cm³/mol. The molecule has 0 amide bonds. The minimum absolute atomic E-state index is 0.114. The second-order valence-electron chi connectivity index (χ2n) is 11.4. The maximum absolute atomic E-state index is 13.6. The highest BCUT2D eigenvalue weighted by Gasteiger charge is 2.24. The number of aromatic nitrogens is 5. The molecule has 11 nitrogen and oxygen atoms in total. The summed E-state index contributed by atoms with van der Waals surface area (Å²) in [6, 6.07) is 14.4. The van der Waals surface area contributed by atoms with Crippen molar-refractivity contribution in [3.8, 4) is 0 Å². The first-order valence-electron chi connectivity index (χ1n) is 15.6. The lowest BCUT2D eigenvalue weighted by molar-refractivity contribution is 0.0943. The maximum Gasteiger partial charge on any atom is 0.241 e. The van der Waals surface area contributed by atoms with Crippen LogP contribution in [0.2, 0.25) is 0 Å². The van der Waals surface area contributed by atoms with Crippen LogP contribution >= 0.6 is 23.1 Å². The van der Waals surface area contributed by atoms with Crippen LogP contribution in [0, 0.1) is 0 Å². The van der Waals surface area contributed by atoms with Crippen LogP contribution in [0.5, 0.6) is 0 Å². The fourth-order valence-electron chi connectivity index (χ4n) is 6.36. The molecule has 2 aliphatic heterocycles. The molecular formula is C32H34N8O3S2. The number of anilines is 4. The molecule has 2 saturated heterocycles. The number of carbonyl (C=O) groups excluding carboxylic acids is 1. The summed E-state index contributed by atoms with van der Waals surface area (Å²) in [5.41, 5.74) is 5.35. The normalized spacial score (nSPS) is 17.2. The second kappa shape index (κ2) is 12.5. The molecule has 5 aromatic rings. The van der Waals surface area contributed by atoms with E-state index in [0.717, 1.165) is 71.2 Å². The van der Waals surface area contributed by atoms with Crippen molar-refractivity contribution in [3.63, 3.8) is 0 Å². The Morgan fingerprint density at radius 2 is 1.58 bits per heavy atom. The number of morpholine rings is 2. The van der Waals surface area contributed by atoms with Crippen LogP contribution in [-0.4, -0.2) is 88.8 Å². The number of thiazole rings is 1. The van der Waals surface area contributed by atoms with Gasteiger partial charge in [0.05, 0.1) is 47.9 Å². The molecule has 0 atom stereocenters. The van der Waals surface area contributed by atoms with E-state index in [0.29, 0.717) is 50.0 Å². The molecular weight excluding hydrogens is 609 g/mol. The lowest BCUT2D eigenvalue weighted by Gasteiger charge is -2.30. The van der Waals surface area contributed by atoms with Gasteiger partial charge in [0, 0.05) is 42.9 Å². The van der Waals surface area contributed by atoms with Gasteiger partial charge in [-0.05, 0) is 55.5 Å². The van der Waals surface area contributed by atoms with Crippen molar-refractivity contribution < 1.29 is 14.3 Å². The number of rotatable bonds is 7. The first-order chi connectivity index (χ1) is 22.2. The number of nitrogens with zero attached hydrogens (tertiary/aromatic N) is 7. The fraction of sp³-hybridized carbons (Fsp3) is 0.406. The molecule has 2 fully saturated rings. The van der Waals surface area contributed by atoms with Gasteiger partial charge in [-0.1, -0.05) is 30.0 Å². The Kier molecular flexibility index (Phi) is 8.00. The number of carbonyl (C=O) groups is 1. The number of para-hydroxylation sites is 1. The van der Waals surface area contributed by atoms with Gasteiger partial charge in [-0.25, -0.2) is 4.98 Å². The van der Waals surface area contributed by atoms with Gasteiger partial charge in [0.1, 0.15) is 0 Å². The minimum atomic E-state index is 0.114. The number of thioether (sulfide) groups is 1. The highest BCUT2D eigenvalue weighted by Crippen LogP contribution is 2.35. The van der Waals surface area contributed by atoms with Crippen LogP contribution in [0.15, 0.2) is 46.8 Å². The summed E-state index contributed by atoms with van der Waals surface area (Å²) >= 11 is 3.11. The molecule has 5 heterocycles. The van der Waals surface area contributed by atoms with Crippen LogP contribution < -0.4 is 15.1 Å². The molecule has 3 aromatic heterocycles. The Morgan fingerprint density at radius 1 is 0.867 bits per heavy atom. The Balaban J connectivity index is 1.01. The minimum Gasteiger partial charge on any atom is -0.378 e. The zero-order chi connectivity index (χ0) is 30.2. The average Bonchev–Trinajstić information content (AvgIpc) is 3.66. The topological polar surface area (TPSA) is 111 Å². The van der Waals surface area contributed by atoms with Crippen LogP contribution in [0.4, 0.5) is 23.5 Å². The van der Waals surface area contributed by atoms with E-state index in [2.05, 4.69) is 39.4 Å². The fourth-order valence-corrected chi connectivity index (χ4v) is 8.32. The van der Waals surface area contributed by atoms with Crippen molar-refractivity contribution in [1.29, 1.82) is 0 Å². The second-order valence-corrected chi connectivity index (χ2v) is 13.7. The van der Waals surface area contributed by atoms with E-state index in [1.807, 2.05) is 22.8 Å². The van der Waals surface area contributed by atoms with Crippen LogP contribution in [0.1, 0.15) is 28.9 Å². The molecule has 2 aromatic carbocycles. The van der Waals surface area contributed by atoms with Gasteiger partial charge >= 0.3 is 0 Å². The molecule has 0 radical (unpaired) electrons. The molecule has 0 unspecified atom stereocenters. The third kappa shape index (κ3) is 5.85. The molecule has 0 bridgehead atoms. The van der Waals surface area contributed by atoms with E-state index >= 15 is 0 Å². The Labute approximate surface area is 269 Å². The summed E-state index contributed by atoms with van der Waals surface area (Å²) in [6.45, 7) is 5.57. The van der Waals surface area contributed by atoms with E-state index in [1.165, 1.54) is 34.8 Å². The van der Waals surface area contributed by atoms with E-state index in [9.17, 15) is 4.79 Å². The summed E-state index contributed by atoms with van der Waals surface area (Å²) < 4.78 is 15.0. The Bertz CT molecular complexity index is 1830. The van der Waals surface area contributed by atoms with E-state index in [4.69, 9.17) is 29.4 Å². The van der Waals surface area contributed by atoms with Crippen molar-refractivity contribution in [3.05, 3.63) is 53.7 Å². The van der Waals surface area contributed by atoms with Gasteiger partial charge in [-0.2, -0.15) is 15.0 Å². The Hall–Kier alpha value is -3.78. The van der Waals surface area contributed by atoms with Gasteiger partial charge in [-0.15, -0.1) is 11.3 Å². The van der Waals surface area contributed by atoms with Gasteiger partial charge in [0.25, 0.3) is 0 Å². The zero-order valence-electron chi connectivity index (χ0n) is 24.9. The number of aryl methyl sites for hydroxylation is 1. The molecule has 3 aliphatic rings. The molecule has 232 valence electrons. The lowest BCUT2D eigenvalue weighted by atomic mass is 9.96. The number of ether oxygens (including phenoxy) is 2. The largest absolute Gasteiger partial charge is 0.378 e. The van der Waals surface area contributed by atoms with E-state index in [-0.39, 0.29) is 5.91 Å². The lowest BCUT2D eigenvalue weighted by Crippen LogP contribution is -2.40. The number of fused-ring (bicyclic) bond motifs is 4. The highest BCUT2D eigenvalue weighted by molar-refractivity contribution is 8.01. The molecule has 0 saturated carbocycles. The van der Waals surface area contributed by atoms with Crippen LogP contribution in [-0.2, 0) is 22.3 Å². The predicted octanol–water partition coefficient (Wildman–Crippen LogP) is 5.16. The van der Waals surface area contributed by atoms with Gasteiger partial charge < -0.3 is 24.6 Å². The zero-order valence-corrected chi connectivity index (χ0v) is 26.5. The Morgan fingerprint density at radius 3 is 2.33 bits per heavy atom. The summed E-state index contributed by atoms with van der Waals surface area (Å²) in [6.07, 6.45) is 4.32. The maximum atomic E-state index is 13.6. The molecule has 13 heteroatoms. The van der Waals surface area contributed by atoms with Crippen molar-refractivity contribution in [2.45, 2.75) is 30.0 Å².